The molecule has 2 amide bonds. The Kier molecular flexibility index (Phi) is 7.17. The van der Waals surface area contributed by atoms with Crippen molar-refractivity contribution in [2.75, 3.05) is 10.6 Å². The Hall–Kier alpha value is -3.26. The fraction of sp³-hybridized carbons (Fsp3) is 0.333. The molecule has 2 aromatic carbocycles. The second kappa shape index (κ2) is 9.70. The van der Waals surface area contributed by atoms with E-state index in [0.29, 0.717) is 22.4 Å². The monoisotopic (exact) mass is 471 g/mol. The van der Waals surface area contributed by atoms with Crippen LogP contribution in [0.5, 0.6) is 0 Å². The molecule has 0 atom stereocenters. The molecule has 0 saturated carbocycles. The summed E-state index contributed by atoms with van der Waals surface area (Å²) >= 11 is 6.17. The summed E-state index contributed by atoms with van der Waals surface area (Å²) in [6, 6.07) is 8.30. The predicted molar refractivity (Wildman–Crippen MR) is 129 cm³/mol. The summed E-state index contributed by atoms with van der Waals surface area (Å²) in [5.41, 5.74) is 0.141. The van der Waals surface area contributed by atoms with Gasteiger partial charge in [-0.1, -0.05) is 44.5 Å². The van der Waals surface area contributed by atoms with E-state index in [9.17, 15) is 9.59 Å². The van der Waals surface area contributed by atoms with Crippen LogP contribution < -0.4 is 16.0 Å². The first kappa shape index (κ1) is 24.4. The molecule has 0 radical (unpaired) electrons. The molecule has 174 valence electrons. The third-order valence-electron chi connectivity index (χ3n) is 4.86. The lowest BCUT2D eigenvalue weighted by Gasteiger charge is -2.18. The van der Waals surface area contributed by atoms with Gasteiger partial charge in [-0.3, -0.25) is 9.59 Å². The van der Waals surface area contributed by atoms with Gasteiger partial charge in [-0.05, 0) is 32.0 Å². The van der Waals surface area contributed by atoms with Crippen molar-refractivity contribution in [2.24, 2.45) is 5.41 Å². The average Bonchev–Trinajstić information content (AvgIpc) is 2.72. The first-order valence-corrected chi connectivity index (χ1v) is 10.9. The number of nitrogens with zero attached hydrogens (tertiary/aromatic N) is 2. The normalized spacial score (nSPS) is 11.5. The Morgan fingerprint density at radius 1 is 1.12 bits per heavy atom. The molecule has 0 aliphatic rings. The number of nitrogens with one attached hydrogen (secondary N) is 3. The molecule has 9 heteroatoms. The van der Waals surface area contributed by atoms with Crippen molar-refractivity contribution in [2.45, 2.75) is 47.2 Å². The molecule has 3 N–H and O–H groups in total. The number of para-hydroxylation sites is 1. The van der Waals surface area contributed by atoms with Crippen LogP contribution in [0.25, 0.3) is 10.9 Å². The molecule has 0 unspecified atom stereocenters. The summed E-state index contributed by atoms with van der Waals surface area (Å²) in [4.78, 5) is 33.7. The Bertz CT molecular complexity index is 1210. The second-order valence-electron chi connectivity index (χ2n) is 9.01. The molecular weight excluding hydrogens is 445 g/mol. The first-order valence-electron chi connectivity index (χ1n) is 10.6. The number of hydrogen-bond acceptors (Lipinski definition) is 5. The lowest BCUT2D eigenvalue weighted by molar-refractivity contribution is -0.128. The first-order chi connectivity index (χ1) is 15.5. The third-order valence-corrected chi connectivity index (χ3v) is 5.17. The van der Waals surface area contributed by atoms with E-state index in [4.69, 9.17) is 11.6 Å². The lowest BCUT2D eigenvalue weighted by Crippen LogP contribution is -2.34. The summed E-state index contributed by atoms with van der Waals surface area (Å²) in [6.45, 7) is 9.19. The minimum atomic E-state index is -0.786. The van der Waals surface area contributed by atoms with Gasteiger partial charge in [0.1, 0.15) is 18.0 Å². The van der Waals surface area contributed by atoms with E-state index in [2.05, 4.69) is 25.9 Å². The molecule has 7 nitrogen and oxygen atoms in total. The van der Waals surface area contributed by atoms with Crippen molar-refractivity contribution >= 4 is 45.8 Å². The lowest BCUT2D eigenvalue weighted by atomic mass is 9.95. The van der Waals surface area contributed by atoms with Crippen molar-refractivity contribution < 1.29 is 14.0 Å². The number of hydrogen-bond donors (Lipinski definition) is 3. The number of halogens is 2. The number of benzene rings is 2. The van der Waals surface area contributed by atoms with Crippen LogP contribution in [0.3, 0.4) is 0 Å². The molecule has 33 heavy (non-hydrogen) atoms. The van der Waals surface area contributed by atoms with E-state index in [1.165, 1.54) is 18.5 Å². The Labute approximate surface area is 197 Å². The second-order valence-corrected chi connectivity index (χ2v) is 9.41. The molecule has 0 aliphatic heterocycles. The topological polar surface area (TPSA) is 96.0 Å². The number of carbonyl (C=O) groups is 2. The highest BCUT2D eigenvalue weighted by Gasteiger charge is 2.24. The number of amides is 2. The molecule has 1 heterocycles. The number of aromatic nitrogens is 2. The van der Waals surface area contributed by atoms with Gasteiger partial charge in [0.2, 0.25) is 5.91 Å². The van der Waals surface area contributed by atoms with Crippen molar-refractivity contribution in [3.63, 3.8) is 0 Å². The molecule has 3 rings (SSSR count). The Balaban J connectivity index is 1.90. The molecule has 1 aromatic heterocycles. The van der Waals surface area contributed by atoms with Crippen LogP contribution in [0.1, 0.15) is 50.5 Å². The highest BCUT2D eigenvalue weighted by atomic mass is 35.5. The van der Waals surface area contributed by atoms with Crippen molar-refractivity contribution in [3.05, 3.63) is 58.6 Å². The summed E-state index contributed by atoms with van der Waals surface area (Å²) in [5.74, 6) is -1.10. The summed E-state index contributed by atoms with van der Waals surface area (Å²) < 4.78 is 15.2. The minimum absolute atomic E-state index is 0.0343. The quantitative estimate of drug-likeness (QED) is 0.461. The number of rotatable bonds is 6. The van der Waals surface area contributed by atoms with E-state index in [0.717, 1.165) is 0 Å². The number of carbonyl (C=O) groups excluding carboxylic acids is 2. The maximum absolute atomic E-state index is 15.2. The van der Waals surface area contributed by atoms with Crippen molar-refractivity contribution in [1.29, 1.82) is 0 Å². The van der Waals surface area contributed by atoms with Crippen molar-refractivity contribution in [3.8, 4) is 0 Å². The number of anilines is 2. The molecule has 0 saturated heterocycles. The Morgan fingerprint density at radius 3 is 2.52 bits per heavy atom. The molecule has 0 spiro atoms. The molecule has 3 aromatic rings. The van der Waals surface area contributed by atoms with Gasteiger partial charge in [0, 0.05) is 29.0 Å². The van der Waals surface area contributed by atoms with E-state index < -0.39 is 17.1 Å². The Morgan fingerprint density at radius 2 is 1.85 bits per heavy atom. The molecule has 0 bridgehead atoms. The van der Waals surface area contributed by atoms with Gasteiger partial charge >= 0.3 is 0 Å². The van der Waals surface area contributed by atoms with Crippen LogP contribution in [0.4, 0.5) is 15.9 Å². The van der Waals surface area contributed by atoms with Gasteiger partial charge in [-0.2, -0.15) is 0 Å². The molecule has 0 aliphatic carbocycles. The fourth-order valence-electron chi connectivity index (χ4n) is 3.14. The van der Waals surface area contributed by atoms with Crippen LogP contribution >= 0.6 is 11.6 Å². The number of fused-ring (bicyclic) bond motifs is 1. The van der Waals surface area contributed by atoms with Gasteiger partial charge < -0.3 is 16.0 Å². The van der Waals surface area contributed by atoms with Gasteiger partial charge in [0.05, 0.1) is 21.8 Å². The zero-order valence-electron chi connectivity index (χ0n) is 19.2. The van der Waals surface area contributed by atoms with Crippen LogP contribution in [-0.2, 0) is 11.3 Å². The standard InChI is InChI=1S/C24H27ClFN5O2/c1-13(2)30-21-15-7-6-8-17(20(15)28-12-29-21)31-22(32)18-16(25)10-9-14(19(18)26)11-27-23(33)24(3,4)5/h6-10,12-13H,11H2,1-5H3,(H,27,33)(H,31,32)(H,28,29,30). The smallest absolute Gasteiger partial charge is 0.260 e. The average molecular weight is 472 g/mol. The van der Waals surface area contributed by atoms with Crippen LogP contribution in [0, 0.1) is 11.2 Å². The zero-order valence-corrected chi connectivity index (χ0v) is 20.0. The highest BCUT2D eigenvalue weighted by molar-refractivity contribution is 6.34. The predicted octanol–water partition coefficient (Wildman–Crippen LogP) is 5.16. The van der Waals surface area contributed by atoms with E-state index >= 15 is 4.39 Å². The van der Waals surface area contributed by atoms with Crippen molar-refractivity contribution in [1.82, 2.24) is 15.3 Å². The fourth-order valence-corrected chi connectivity index (χ4v) is 3.37. The largest absolute Gasteiger partial charge is 0.367 e. The van der Waals surface area contributed by atoms with Gasteiger partial charge in [0.25, 0.3) is 5.91 Å². The van der Waals surface area contributed by atoms with E-state index in [1.807, 2.05) is 19.9 Å². The van der Waals surface area contributed by atoms with Crippen LogP contribution in [-0.4, -0.2) is 27.8 Å². The summed E-state index contributed by atoms with van der Waals surface area (Å²) in [6.07, 6.45) is 1.40. The SMILES string of the molecule is CC(C)Nc1ncnc2c(NC(=O)c3c(Cl)ccc(CNC(=O)C(C)(C)C)c3F)cccc12. The van der Waals surface area contributed by atoms with Gasteiger partial charge in [-0.15, -0.1) is 0 Å². The maximum atomic E-state index is 15.2. The molecular formula is C24H27ClFN5O2. The third kappa shape index (κ3) is 5.57. The van der Waals surface area contributed by atoms with Gasteiger partial charge in [-0.25, -0.2) is 14.4 Å². The van der Waals surface area contributed by atoms with Gasteiger partial charge in [0.15, 0.2) is 0 Å². The molecule has 0 fully saturated rings. The minimum Gasteiger partial charge on any atom is -0.367 e. The summed E-state index contributed by atoms with van der Waals surface area (Å²) in [5, 5.41) is 9.32. The van der Waals surface area contributed by atoms with Crippen LogP contribution in [0.2, 0.25) is 5.02 Å². The summed E-state index contributed by atoms with van der Waals surface area (Å²) in [7, 11) is 0. The highest BCUT2D eigenvalue weighted by Crippen LogP contribution is 2.28. The zero-order chi connectivity index (χ0) is 24.3. The van der Waals surface area contributed by atoms with E-state index in [1.54, 1.807) is 32.9 Å². The maximum Gasteiger partial charge on any atom is 0.260 e. The van der Waals surface area contributed by atoms with E-state index in [-0.39, 0.29) is 34.6 Å². The van der Waals surface area contributed by atoms with Crippen LogP contribution in [0.15, 0.2) is 36.7 Å².